The molecule has 168 valence electrons. The van der Waals surface area contributed by atoms with E-state index >= 15 is 0 Å². The lowest BCUT2D eigenvalue weighted by Crippen LogP contribution is -2.45. The summed E-state index contributed by atoms with van der Waals surface area (Å²) in [5, 5.41) is 9.01. The molecule has 0 amide bonds. The maximum absolute atomic E-state index is 6.78. The van der Waals surface area contributed by atoms with Crippen molar-refractivity contribution in [2.24, 2.45) is 5.73 Å². The van der Waals surface area contributed by atoms with Crippen LogP contribution in [0.25, 0.3) is 0 Å². The summed E-state index contributed by atoms with van der Waals surface area (Å²) in [5.74, 6) is 1.05. The van der Waals surface area contributed by atoms with E-state index in [0.29, 0.717) is 0 Å². The van der Waals surface area contributed by atoms with Crippen molar-refractivity contribution in [3.8, 4) is 0 Å². The molecule has 0 spiro atoms. The van der Waals surface area contributed by atoms with Crippen LogP contribution in [-0.4, -0.2) is 10.8 Å². The first-order valence-corrected chi connectivity index (χ1v) is 14.0. The first kappa shape index (κ1) is 22.6. The van der Waals surface area contributed by atoms with E-state index in [1.54, 1.807) is 0 Å². The molecule has 1 aliphatic rings. The summed E-state index contributed by atoms with van der Waals surface area (Å²) < 4.78 is 2.36. The summed E-state index contributed by atoms with van der Waals surface area (Å²) in [7, 11) is -1.70. The predicted molar refractivity (Wildman–Crippen MR) is 148 cm³/mol. The second-order valence-electron chi connectivity index (χ2n) is 7.87. The molecule has 1 aliphatic heterocycles. The average molecular weight is 480 g/mol. The normalized spacial score (nSPS) is 15.4. The van der Waals surface area contributed by atoms with Crippen LogP contribution in [-0.2, 0) is 0 Å². The zero-order chi connectivity index (χ0) is 23.2. The average Bonchev–Trinajstić information content (AvgIpc) is 2.91. The van der Waals surface area contributed by atoms with Crippen molar-refractivity contribution in [1.82, 2.24) is 9.76 Å². The Hall–Kier alpha value is -3.22. The molecule has 0 saturated carbocycles. The molecule has 3 N–H and O–H groups in total. The van der Waals surface area contributed by atoms with Gasteiger partial charge in [-0.15, -0.1) is 0 Å². The molecule has 5 rings (SSSR count). The highest BCUT2D eigenvalue weighted by molar-refractivity contribution is 7.72. The standard InChI is InChI=1S/C29H27N3P2/c30-28-22-13-23-29(31-33(24-14-5-1-6-15-24)25-16-7-2-8-17-25)32(28)34(26-18-9-3-10-19-26)27-20-11-4-12-21-27/h1-23,28,31H,30H2. The minimum Gasteiger partial charge on any atom is -0.343 e. The lowest BCUT2D eigenvalue weighted by Gasteiger charge is -2.41. The van der Waals surface area contributed by atoms with Gasteiger partial charge in [0.1, 0.15) is 12.0 Å². The number of hydrogen-bond donors (Lipinski definition) is 2. The maximum Gasteiger partial charge on any atom is 0.110 e. The molecule has 0 radical (unpaired) electrons. The summed E-state index contributed by atoms with van der Waals surface area (Å²) in [4.78, 5) is 0. The third kappa shape index (κ3) is 4.98. The summed E-state index contributed by atoms with van der Waals surface area (Å²) >= 11 is 0. The van der Waals surface area contributed by atoms with Gasteiger partial charge in [0.15, 0.2) is 0 Å². The summed E-state index contributed by atoms with van der Waals surface area (Å²) in [6, 6.07) is 42.8. The van der Waals surface area contributed by atoms with Crippen LogP contribution in [0.15, 0.2) is 145 Å². The third-order valence-corrected chi connectivity index (χ3v) is 10.1. The third-order valence-electron chi connectivity index (χ3n) is 5.56. The molecule has 34 heavy (non-hydrogen) atoms. The van der Waals surface area contributed by atoms with Gasteiger partial charge in [0.2, 0.25) is 0 Å². The van der Waals surface area contributed by atoms with Crippen LogP contribution in [0.3, 0.4) is 0 Å². The predicted octanol–water partition coefficient (Wildman–Crippen LogP) is 4.67. The summed E-state index contributed by atoms with van der Waals surface area (Å²) in [6.45, 7) is 0. The van der Waals surface area contributed by atoms with Gasteiger partial charge in [0.25, 0.3) is 0 Å². The largest absolute Gasteiger partial charge is 0.343 e. The molecule has 4 aromatic carbocycles. The molecule has 0 bridgehead atoms. The lowest BCUT2D eigenvalue weighted by molar-refractivity contribution is 0.466. The quantitative estimate of drug-likeness (QED) is 0.379. The lowest BCUT2D eigenvalue weighted by atomic mass is 10.3. The molecule has 0 fully saturated rings. The van der Waals surface area contributed by atoms with Crippen LogP contribution in [0.5, 0.6) is 0 Å². The van der Waals surface area contributed by atoms with E-state index in [9.17, 15) is 0 Å². The minimum absolute atomic E-state index is 0.234. The Labute approximate surface area is 204 Å². The van der Waals surface area contributed by atoms with Gasteiger partial charge in [-0.25, -0.2) is 0 Å². The van der Waals surface area contributed by atoms with E-state index in [1.807, 2.05) is 0 Å². The van der Waals surface area contributed by atoms with E-state index in [4.69, 9.17) is 5.73 Å². The van der Waals surface area contributed by atoms with Crippen molar-refractivity contribution in [3.63, 3.8) is 0 Å². The molecule has 5 heteroatoms. The van der Waals surface area contributed by atoms with Crippen molar-refractivity contribution in [3.05, 3.63) is 145 Å². The van der Waals surface area contributed by atoms with Gasteiger partial charge in [0.05, 0.1) is 16.1 Å². The molecule has 1 heterocycles. The summed E-state index contributed by atoms with van der Waals surface area (Å²) in [6.07, 6.45) is 6.06. The molecule has 4 aromatic rings. The number of allylic oxidation sites excluding steroid dienone is 2. The molecule has 0 aromatic heterocycles. The fraction of sp³-hybridized carbons (Fsp3) is 0.0345. The number of nitrogens with two attached hydrogens (primary N) is 1. The smallest absolute Gasteiger partial charge is 0.110 e. The van der Waals surface area contributed by atoms with Gasteiger partial charge in [-0.05, 0) is 12.2 Å². The van der Waals surface area contributed by atoms with Crippen LogP contribution in [0.2, 0.25) is 0 Å². The molecule has 0 saturated heterocycles. The zero-order valence-corrected chi connectivity index (χ0v) is 20.6. The number of benzene rings is 4. The Bertz CT molecular complexity index is 1170. The first-order valence-electron chi connectivity index (χ1n) is 11.3. The molecule has 0 aliphatic carbocycles. The zero-order valence-electron chi connectivity index (χ0n) is 18.8. The fourth-order valence-electron chi connectivity index (χ4n) is 3.99. The first-order chi connectivity index (χ1) is 16.8. The van der Waals surface area contributed by atoms with Gasteiger partial charge in [-0.3, -0.25) is 0 Å². The second-order valence-corrected chi connectivity index (χ2v) is 11.9. The molecule has 3 nitrogen and oxygen atoms in total. The van der Waals surface area contributed by atoms with Crippen molar-refractivity contribution < 1.29 is 0 Å². The van der Waals surface area contributed by atoms with Gasteiger partial charge in [0, 0.05) is 21.2 Å². The highest BCUT2D eigenvalue weighted by atomic mass is 31.1. The molecular weight excluding hydrogens is 452 g/mol. The topological polar surface area (TPSA) is 41.3 Å². The van der Waals surface area contributed by atoms with Gasteiger partial charge in [-0.1, -0.05) is 127 Å². The van der Waals surface area contributed by atoms with E-state index < -0.39 is 16.1 Å². The van der Waals surface area contributed by atoms with Crippen molar-refractivity contribution in [2.45, 2.75) is 6.17 Å². The molecule has 1 unspecified atom stereocenters. The van der Waals surface area contributed by atoms with Gasteiger partial charge in [-0.2, -0.15) is 0 Å². The number of hydrogen-bond acceptors (Lipinski definition) is 3. The van der Waals surface area contributed by atoms with Crippen LogP contribution in [0.4, 0.5) is 0 Å². The minimum atomic E-state index is -0.879. The highest BCUT2D eigenvalue weighted by Gasteiger charge is 2.31. The SMILES string of the molecule is NC1C=CC=C(NP(c2ccccc2)c2ccccc2)N1P(c1ccccc1)c1ccccc1. The number of nitrogens with zero attached hydrogens (tertiary/aromatic N) is 1. The number of nitrogens with one attached hydrogen (secondary N) is 1. The van der Waals surface area contributed by atoms with Crippen LogP contribution in [0.1, 0.15) is 0 Å². The highest BCUT2D eigenvalue weighted by Crippen LogP contribution is 2.45. The van der Waals surface area contributed by atoms with E-state index in [2.05, 4.69) is 149 Å². The van der Waals surface area contributed by atoms with Crippen molar-refractivity contribution in [1.29, 1.82) is 0 Å². The van der Waals surface area contributed by atoms with Gasteiger partial charge >= 0.3 is 0 Å². The second kappa shape index (κ2) is 10.8. The summed E-state index contributed by atoms with van der Waals surface area (Å²) in [5.41, 5.74) is 6.78. The Morgan fingerprint density at radius 2 is 1.00 bits per heavy atom. The van der Waals surface area contributed by atoms with Crippen molar-refractivity contribution >= 4 is 37.4 Å². The van der Waals surface area contributed by atoms with Gasteiger partial charge < -0.3 is 15.5 Å². The fourth-order valence-corrected chi connectivity index (χ4v) is 8.36. The Morgan fingerprint density at radius 1 is 0.588 bits per heavy atom. The van der Waals surface area contributed by atoms with E-state index in [0.717, 1.165) is 5.82 Å². The van der Waals surface area contributed by atoms with Crippen LogP contribution < -0.4 is 32.0 Å². The van der Waals surface area contributed by atoms with E-state index in [1.165, 1.54) is 21.2 Å². The number of rotatable bonds is 7. The van der Waals surface area contributed by atoms with Crippen LogP contribution >= 0.6 is 16.1 Å². The maximum atomic E-state index is 6.78. The Kier molecular flexibility index (Phi) is 7.17. The Morgan fingerprint density at radius 3 is 1.44 bits per heavy atom. The molecular formula is C29H27N3P2. The Balaban J connectivity index is 1.58. The van der Waals surface area contributed by atoms with Crippen LogP contribution in [0, 0.1) is 0 Å². The monoisotopic (exact) mass is 479 g/mol. The van der Waals surface area contributed by atoms with Crippen molar-refractivity contribution in [2.75, 3.05) is 0 Å². The van der Waals surface area contributed by atoms with E-state index in [-0.39, 0.29) is 6.17 Å². The molecule has 1 atom stereocenters.